The lowest BCUT2D eigenvalue weighted by Crippen LogP contribution is -2.53. The van der Waals surface area contributed by atoms with Crippen molar-refractivity contribution < 1.29 is 13.2 Å². The van der Waals surface area contributed by atoms with Gasteiger partial charge in [-0.1, -0.05) is 41.9 Å². The van der Waals surface area contributed by atoms with E-state index in [4.69, 9.17) is 11.6 Å². The summed E-state index contributed by atoms with van der Waals surface area (Å²) in [5.74, 6) is 0. The number of sulfonamides is 1. The van der Waals surface area contributed by atoms with Crippen LogP contribution in [0.4, 0.5) is 4.79 Å². The van der Waals surface area contributed by atoms with E-state index in [9.17, 15) is 13.2 Å². The molecule has 1 saturated carbocycles. The molecule has 150 valence electrons. The first-order chi connectivity index (χ1) is 13.4. The average Bonchev–Trinajstić information content (AvgIpc) is 3.39. The molecular formula is C19H22ClN3O3S2. The van der Waals surface area contributed by atoms with E-state index < -0.39 is 10.0 Å². The molecule has 0 spiro atoms. The molecule has 0 radical (unpaired) electrons. The molecule has 0 unspecified atom stereocenters. The smallest absolute Gasteiger partial charge is 0.317 e. The van der Waals surface area contributed by atoms with Gasteiger partial charge in [0.05, 0.1) is 4.34 Å². The third-order valence-corrected chi connectivity index (χ3v) is 9.08. The van der Waals surface area contributed by atoms with Gasteiger partial charge >= 0.3 is 6.03 Å². The molecule has 2 aromatic rings. The molecule has 28 heavy (non-hydrogen) atoms. The molecule has 2 aliphatic rings. The van der Waals surface area contributed by atoms with Crippen molar-refractivity contribution >= 4 is 39.0 Å². The Morgan fingerprint density at radius 2 is 1.75 bits per heavy atom. The first-order valence-electron chi connectivity index (χ1n) is 9.25. The van der Waals surface area contributed by atoms with Gasteiger partial charge in [-0.25, -0.2) is 13.2 Å². The van der Waals surface area contributed by atoms with E-state index in [0.717, 1.165) is 24.2 Å². The predicted octanol–water partition coefficient (Wildman–Crippen LogP) is 3.15. The van der Waals surface area contributed by atoms with Crippen LogP contribution in [-0.2, 0) is 15.4 Å². The number of carbonyl (C=O) groups excluding carboxylic acids is 1. The first kappa shape index (κ1) is 19.7. The SMILES string of the molecule is O=C(NCC1(c2ccccc2)CC1)N1CCN(S(=O)(=O)c2ccc(Cl)s2)CC1. The number of piperazine rings is 1. The second kappa shape index (κ2) is 7.67. The highest BCUT2D eigenvalue weighted by Gasteiger charge is 2.44. The van der Waals surface area contributed by atoms with E-state index in [-0.39, 0.29) is 28.7 Å². The third kappa shape index (κ3) is 3.91. The Labute approximate surface area is 174 Å². The lowest BCUT2D eigenvalue weighted by atomic mass is 9.96. The van der Waals surface area contributed by atoms with E-state index in [0.29, 0.717) is 24.0 Å². The number of carbonyl (C=O) groups is 1. The van der Waals surface area contributed by atoms with Gasteiger partial charge in [-0.3, -0.25) is 0 Å². The summed E-state index contributed by atoms with van der Waals surface area (Å²) in [6, 6.07) is 13.3. The second-order valence-electron chi connectivity index (χ2n) is 7.25. The maximum absolute atomic E-state index is 12.7. The fourth-order valence-electron chi connectivity index (χ4n) is 3.56. The zero-order valence-electron chi connectivity index (χ0n) is 15.3. The summed E-state index contributed by atoms with van der Waals surface area (Å²) >= 11 is 6.92. The van der Waals surface area contributed by atoms with Gasteiger partial charge in [0.25, 0.3) is 10.0 Å². The van der Waals surface area contributed by atoms with Crippen LogP contribution in [0.1, 0.15) is 18.4 Å². The van der Waals surface area contributed by atoms with Crippen molar-refractivity contribution in [2.75, 3.05) is 32.7 Å². The number of nitrogens with one attached hydrogen (secondary N) is 1. The maximum Gasteiger partial charge on any atom is 0.317 e. The van der Waals surface area contributed by atoms with Crippen molar-refractivity contribution in [3.8, 4) is 0 Å². The molecule has 4 rings (SSSR count). The summed E-state index contributed by atoms with van der Waals surface area (Å²) in [6.07, 6.45) is 2.15. The number of urea groups is 1. The van der Waals surface area contributed by atoms with Crippen LogP contribution in [0.25, 0.3) is 0 Å². The van der Waals surface area contributed by atoms with E-state index in [1.807, 2.05) is 18.2 Å². The van der Waals surface area contributed by atoms with Crippen LogP contribution < -0.4 is 5.32 Å². The summed E-state index contributed by atoms with van der Waals surface area (Å²) in [6.45, 7) is 1.94. The summed E-state index contributed by atoms with van der Waals surface area (Å²) in [4.78, 5) is 14.3. The van der Waals surface area contributed by atoms with Gasteiger partial charge in [-0.15, -0.1) is 11.3 Å². The van der Waals surface area contributed by atoms with Crippen LogP contribution in [0.5, 0.6) is 0 Å². The number of benzene rings is 1. The summed E-state index contributed by atoms with van der Waals surface area (Å²) < 4.78 is 27.4. The van der Waals surface area contributed by atoms with Crippen LogP contribution in [0.15, 0.2) is 46.7 Å². The van der Waals surface area contributed by atoms with Crippen LogP contribution in [0, 0.1) is 0 Å². The normalized spacial score (nSPS) is 19.4. The van der Waals surface area contributed by atoms with Gasteiger partial charge in [-0.2, -0.15) is 4.31 Å². The second-order valence-corrected chi connectivity index (χ2v) is 11.1. The van der Waals surface area contributed by atoms with Gasteiger partial charge in [0.1, 0.15) is 4.21 Å². The maximum atomic E-state index is 12.7. The molecule has 6 nitrogen and oxygen atoms in total. The number of rotatable bonds is 5. The predicted molar refractivity (Wildman–Crippen MR) is 110 cm³/mol. The zero-order chi connectivity index (χ0) is 19.8. The summed E-state index contributed by atoms with van der Waals surface area (Å²) in [5, 5.41) is 3.05. The Bertz CT molecular complexity index is 950. The van der Waals surface area contributed by atoms with Crippen LogP contribution >= 0.6 is 22.9 Å². The monoisotopic (exact) mass is 439 g/mol. The Kier molecular flexibility index (Phi) is 5.39. The molecule has 2 amide bonds. The molecule has 9 heteroatoms. The van der Waals surface area contributed by atoms with Crippen LogP contribution in [-0.4, -0.2) is 56.4 Å². The van der Waals surface area contributed by atoms with Gasteiger partial charge in [0, 0.05) is 38.1 Å². The van der Waals surface area contributed by atoms with Crippen LogP contribution in [0.3, 0.4) is 0 Å². The molecule has 2 fully saturated rings. The molecule has 0 atom stereocenters. The highest BCUT2D eigenvalue weighted by Crippen LogP contribution is 2.47. The van der Waals surface area contributed by atoms with Crippen molar-refractivity contribution in [3.63, 3.8) is 0 Å². The number of thiophene rings is 1. The summed E-state index contributed by atoms with van der Waals surface area (Å²) in [5.41, 5.74) is 1.32. The fourth-order valence-corrected chi connectivity index (χ4v) is 6.62. The van der Waals surface area contributed by atoms with E-state index in [1.165, 1.54) is 15.9 Å². The molecule has 2 heterocycles. The third-order valence-electron chi connectivity index (χ3n) is 5.49. The van der Waals surface area contributed by atoms with Crippen molar-refractivity contribution in [3.05, 3.63) is 52.4 Å². The van der Waals surface area contributed by atoms with E-state index >= 15 is 0 Å². The average molecular weight is 440 g/mol. The first-order valence-corrected chi connectivity index (χ1v) is 11.9. The van der Waals surface area contributed by atoms with Gasteiger partial charge in [-0.05, 0) is 30.5 Å². The summed E-state index contributed by atoms with van der Waals surface area (Å²) in [7, 11) is -3.54. The number of amides is 2. The Hall–Kier alpha value is -1.61. The highest BCUT2D eigenvalue weighted by molar-refractivity contribution is 7.91. The molecule has 1 aromatic heterocycles. The molecule has 1 N–H and O–H groups in total. The largest absolute Gasteiger partial charge is 0.337 e. The van der Waals surface area contributed by atoms with Crippen molar-refractivity contribution in [2.24, 2.45) is 0 Å². The molecule has 1 aromatic carbocycles. The highest BCUT2D eigenvalue weighted by atomic mass is 35.5. The van der Waals surface area contributed by atoms with E-state index in [2.05, 4.69) is 17.4 Å². The quantitative estimate of drug-likeness (QED) is 0.778. The molecule has 1 aliphatic carbocycles. The Morgan fingerprint density at radius 1 is 1.07 bits per heavy atom. The Balaban J connectivity index is 1.31. The fraction of sp³-hybridized carbons (Fsp3) is 0.421. The van der Waals surface area contributed by atoms with E-state index in [1.54, 1.807) is 11.0 Å². The standard InChI is InChI=1S/C19H22ClN3O3S2/c20-16-6-7-17(27-16)28(25,26)23-12-10-22(11-13-23)18(24)21-14-19(8-9-19)15-4-2-1-3-5-15/h1-7H,8-14H2,(H,21,24). The lowest BCUT2D eigenvalue weighted by molar-refractivity contribution is 0.171. The van der Waals surface area contributed by atoms with Gasteiger partial charge in [0.15, 0.2) is 0 Å². The molecule has 1 saturated heterocycles. The zero-order valence-corrected chi connectivity index (χ0v) is 17.7. The number of halogens is 1. The number of hydrogen-bond donors (Lipinski definition) is 1. The minimum atomic E-state index is -3.54. The number of nitrogens with zero attached hydrogens (tertiary/aromatic N) is 2. The molecule has 1 aliphatic heterocycles. The Morgan fingerprint density at radius 3 is 2.32 bits per heavy atom. The number of hydrogen-bond acceptors (Lipinski definition) is 4. The molecular weight excluding hydrogens is 418 g/mol. The minimum absolute atomic E-state index is 0.0561. The topological polar surface area (TPSA) is 69.7 Å². The van der Waals surface area contributed by atoms with Crippen molar-refractivity contribution in [2.45, 2.75) is 22.5 Å². The van der Waals surface area contributed by atoms with Gasteiger partial charge in [0.2, 0.25) is 0 Å². The van der Waals surface area contributed by atoms with Crippen molar-refractivity contribution in [1.82, 2.24) is 14.5 Å². The van der Waals surface area contributed by atoms with Gasteiger partial charge < -0.3 is 10.2 Å². The van der Waals surface area contributed by atoms with Crippen LogP contribution in [0.2, 0.25) is 4.34 Å². The van der Waals surface area contributed by atoms with Crippen molar-refractivity contribution in [1.29, 1.82) is 0 Å². The lowest BCUT2D eigenvalue weighted by Gasteiger charge is -2.34. The molecule has 0 bridgehead atoms. The minimum Gasteiger partial charge on any atom is -0.337 e.